The number of aryl methyl sites for hydroxylation is 1. The SMILES string of the molecule is Cc1cc([N+](=O)[O-])nn1Cc1csc(C(=O)N2CCN(Cc3ccc(Cl)cc3)CC2)c1. The summed E-state index contributed by atoms with van der Waals surface area (Å²) in [6, 6.07) is 11.2. The van der Waals surface area contributed by atoms with E-state index in [2.05, 4.69) is 10.00 Å². The van der Waals surface area contributed by atoms with Crippen molar-refractivity contribution in [2.45, 2.75) is 20.0 Å². The second kappa shape index (κ2) is 9.17. The summed E-state index contributed by atoms with van der Waals surface area (Å²) < 4.78 is 1.59. The van der Waals surface area contributed by atoms with Crippen molar-refractivity contribution in [1.82, 2.24) is 19.6 Å². The highest BCUT2D eigenvalue weighted by molar-refractivity contribution is 7.12. The molecule has 2 aromatic heterocycles. The van der Waals surface area contributed by atoms with Gasteiger partial charge in [0.15, 0.2) is 0 Å². The van der Waals surface area contributed by atoms with Gasteiger partial charge in [-0.2, -0.15) is 4.68 Å². The van der Waals surface area contributed by atoms with Gasteiger partial charge < -0.3 is 15.0 Å². The van der Waals surface area contributed by atoms with Gasteiger partial charge in [0.1, 0.15) is 0 Å². The Hall–Kier alpha value is -2.75. The van der Waals surface area contributed by atoms with E-state index in [1.165, 1.54) is 23.0 Å². The van der Waals surface area contributed by atoms with Crippen LogP contribution in [0.4, 0.5) is 5.82 Å². The molecule has 3 aromatic rings. The minimum Gasteiger partial charge on any atom is -0.358 e. The Morgan fingerprint density at radius 2 is 1.84 bits per heavy atom. The number of rotatable bonds is 6. The lowest BCUT2D eigenvalue weighted by Crippen LogP contribution is -2.48. The topological polar surface area (TPSA) is 84.5 Å². The maximum absolute atomic E-state index is 12.9. The summed E-state index contributed by atoms with van der Waals surface area (Å²) in [5.74, 6) is -0.133. The Morgan fingerprint density at radius 3 is 2.48 bits per heavy atom. The number of halogens is 1. The van der Waals surface area contributed by atoms with Crippen molar-refractivity contribution >= 4 is 34.7 Å². The lowest BCUT2D eigenvalue weighted by atomic mass is 10.2. The molecule has 31 heavy (non-hydrogen) atoms. The monoisotopic (exact) mass is 459 g/mol. The molecule has 4 rings (SSSR count). The molecule has 10 heteroatoms. The number of aromatic nitrogens is 2. The van der Waals surface area contributed by atoms with Crippen molar-refractivity contribution in [3.8, 4) is 0 Å². The second-order valence-corrected chi connectivity index (χ2v) is 8.92. The van der Waals surface area contributed by atoms with Crippen LogP contribution in [0.15, 0.2) is 41.8 Å². The first-order valence-corrected chi connectivity index (χ1v) is 11.2. The number of nitrogens with zero attached hydrogens (tertiary/aromatic N) is 5. The van der Waals surface area contributed by atoms with Crippen LogP contribution in [-0.4, -0.2) is 56.6 Å². The minimum absolute atomic E-state index is 0.0329. The van der Waals surface area contributed by atoms with E-state index in [-0.39, 0.29) is 11.7 Å². The summed E-state index contributed by atoms with van der Waals surface area (Å²) in [4.78, 5) is 28.2. The summed E-state index contributed by atoms with van der Waals surface area (Å²) in [5, 5.41) is 17.6. The van der Waals surface area contributed by atoms with E-state index in [1.54, 1.807) is 11.6 Å². The zero-order chi connectivity index (χ0) is 22.0. The van der Waals surface area contributed by atoms with Crippen molar-refractivity contribution in [2.75, 3.05) is 26.2 Å². The van der Waals surface area contributed by atoms with E-state index in [1.807, 2.05) is 40.6 Å². The molecule has 1 aliphatic rings. The molecule has 0 radical (unpaired) electrons. The van der Waals surface area contributed by atoms with Gasteiger partial charge in [-0.25, -0.2) is 0 Å². The van der Waals surface area contributed by atoms with Gasteiger partial charge in [-0.1, -0.05) is 23.7 Å². The number of hydrogen-bond donors (Lipinski definition) is 0. The van der Waals surface area contributed by atoms with Gasteiger partial charge in [0, 0.05) is 37.7 Å². The summed E-state index contributed by atoms with van der Waals surface area (Å²) in [7, 11) is 0. The molecule has 0 unspecified atom stereocenters. The van der Waals surface area contributed by atoms with Gasteiger partial charge >= 0.3 is 5.82 Å². The molecule has 1 fully saturated rings. The first-order valence-electron chi connectivity index (χ1n) is 9.91. The maximum atomic E-state index is 12.9. The number of hydrogen-bond acceptors (Lipinski definition) is 6. The lowest BCUT2D eigenvalue weighted by Gasteiger charge is -2.34. The molecule has 0 spiro atoms. The zero-order valence-corrected chi connectivity index (χ0v) is 18.6. The Kier molecular flexibility index (Phi) is 6.35. The van der Waals surface area contributed by atoms with Crippen LogP contribution >= 0.6 is 22.9 Å². The molecule has 1 aliphatic heterocycles. The third-order valence-corrected chi connectivity index (χ3v) is 6.55. The van der Waals surface area contributed by atoms with Crippen LogP contribution in [0, 0.1) is 17.0 Å². The predicted octanol–water partition coefficient (Wildman–Crippen LogP) is 3.82. The van der Waals surface area contributed by atoms with E-state index < -0.39 is 4.92 Å². The normalized spacial score (nSPS) is 14.7. The van der Waals surface area contributed by atoms with Crippen molar-refractivity contribution in [1.29, 1.82) is 0 Å². The van der Waals surface area contributed by atoms with E-state index in [0.29, 0.717) is 30.2 Å². The third kappa shape index (κ3) is 5.12. The summed E-state index contributed by atoms with van der Waals surface area (Å²) in [6.45, 7) is 6.04. The smallest absolute Gasteiger partial charge is 0.358 e. The number of piperazine rings is 1. The molecule has 1 aromatic carbocycles. The maximum Gasteiger partial charge on any atom is 0.390 e. The molecule has 162 valence electrons. The quantitative estimate of drug-likeness (QED) is 0.413. The highest BCUT2D eigenvalue weighted by atomic mass is 35.5. The Labute approximate surface area is 188 Å². The molecular formula is C21H22ClN5O3S. The van der Waals surface area contributed by atoms with E-state index in [4.69, 9.17) is 11.6 Å². The van der Waals surface area contributed by atoms with Gasteiger partial charge in [0.2, 0.25) is 0 Å². The third-order valence-electron chi connectivity index (χ3n) is 5.33. The van der Waals surface area contributed by atoms with E-state index >= 15 is 0 Å². The first kappa shape index (κ1) is 21.5. The standard InChI is InChI=1S/C21H22ClN5O3S/c1-15-10-20(27(29)30)23-26(15)13-17-11-19(31-14-17)21(28)25-8-6-24(7-9-25)12-16-2-4-18(22)5-3-16/h2-5,10-11,14H,6-9,12-13H2,1H3. The molecule has 0 N–H and O–H groups in total. The minimum atomic E-state index is -0.501. The van der Waals surface area contributed by atoms with Crippen LogP contribution in [0.2, 0.25) is 5.02 Å². The molecule has 0 atom stereocenters. The van der Waals surface area contributed by atoms with Crippen molar-refractivity contribution in [3.05, 3.63) is 78.6 Å². The van der Waals surface area contributed by atoms with E-state index in [9.17, 15) is 14.9 Å². The van der Waals surface area contributed by atoms with Crippen molar-refractivity contribution < 1.29 is 9.72 Å². The van der Waals surface area contributed by atoms with Crippen LogP contribution in [0.5, 0.6) is 0 Å². The van der Waals surface area contributed by atoms with Crippen molar-refractivity contribution in [3.63, 3.8) is 0 Å². The fourth-order valence-corrected chi connectivity index (χ4v) is 4.59. The lowest BCUT2D eigenvalue weighted by molar-refractivity contribution is -0.389. The zero-order valence-electron chi connectivity index (χ0n) is 17.0. The summed E-state index contributed by atoms with van der Waals surface area (Å²) >= 11 is 7.35. The van der Waals surface area contributed by atoms with Gasteiger partial charge in [-0.15, -0.1) is 11.3 Å². The average molecular weight is 460 g/mol. The molecular weight excluding hydrogens is 438 g/mol. The summed E-state index contributed by atoms with van der Waals surface area (Å²) in [6.07, 6.45) is 0. The number of nitro groups is 1. The van der Waals surface area contributed by atoms with Gasteiger partial charge in [0.25, 0.3) is 5.91 Å². The second-order valence-electron chi connectivity index (χ2n) is 7.57. The number of carbonyl (C=O) groups excluding carboxylic acids is 1. The van der Waals surface area contributed by atoms with Gasteiger partial charge in [-0.05, 0) is 46.6 Å². The number of thiophene rings is 1. The highest BCUT2D eigenvalue weighted by Gasteiger charge is 2.24. The van der Waals surface area contributed by atoms with Crippen LogP contribution in [0.1, 0.15) is 26.5 Å². The fraction of sp³-hybridized carbons (Fsp3) is 0.333. The van der Waals surface area contributed by atoms with E-state index in [0.717, 1.165) is 30.2 Å². The molecule has 1 amide bonds. The molecule has 3 heterocycles. The van der Waals surface area contributed by atoms with Crippen LogP contribution in [0.25, 0.3) is 0 Å². The highest BCUT2D eigenvalue weighted by Crippen LogP contribution is 2.21. The molecule has 1 saturated heterocycles. The van der Waals surface area contributed by atoms with Gasteiger partial charge in [-0.3, -0.25) is 9.69 Å². The number of amides is 1. The van der Waals surface area contributed by atoms with Crippen LogP contribution in [-0.2, 0) is 13.1 Å². The van der Waals surface area contributed by atoms with Crippen LogP contribution in [0.3, 0.4) is 0 Å². The molecule has 8 nitrogen and oxygen atoms in total. The Balaban J connectivity index is 1.33. The first-order chi connectivity index (χ1) is 14.9. The Bertz CT molecular complexity index is 1090. The largest absolute Gasteiger partial charge is 0.390 e. The number of carbonyl (C=O) groups is 1. The van der Waals surface area contributed by atoms with Crippen LogP contribution < -0.4 is 0 Å². The molecule has 0 aliphatic carbocycles. The summed E-state index contributed by atoms with van der Waals surface area (Å²) in [5.41, 5.74) is 2.83. The molecule has 0 bridgehead atoms. The Morgan fingerprint density at radius 1 is 1.13 bits per heavy atom. The predicted molar refractivity (Wildman–Crippen MR) is 120 cm³/mol. The molecule has 0 saturated carbocycles. The number of benzene rings is 1. The van der Waals surface area contributed by atoms with Crippen molar-refractivity contribution in [2.24, 2.45) is 0 Å². The van der Waals surface area contributed by atoms with Gasteiger partial charge in [0.05, 0.1) is 28.3 Å². The average Bonchev–Trinajstić information content (AvgIpc) is 3.37. The fourth-order valence-electron chi connectivity index (χ4n) is 3.60.